The van der Waals surface area contributed by atoms with Gasteiger partial charge in [0.25, 0.3) is 0 Å². The molecule has 0 saturated carbocycles. The van der Waals surface area contributed by atoms with Crippen molar-refractivity contribution in [3.63, 3.8) is 0 Å². The fraction of sp³-hybridized carbons (Fsp3) is 0.867. The van der Waals surface area contributed by atoms with Gasteiger partial charge in [0, 0.05) is 12.6 Å². The molecular formula is C15H27N3O3. The van der Waals surface area contributed by atoms with Crippen molar-refractivity contribution in [2.75, 3.05) is 26.3 Å². The zero-order valence-corrected chi connectivity index (χ0v) is 13.1. The van der Waals surface area contributed by atoms with Gasteiger partial charge in [-0.1, -0.05) is 12.8 Å². The Hall–Kier alpha value is -1.14. The molecule has 2 amide bonds. The maximum atomic E-state index is 12.7. The van der Waals surface area contributed by atoms with E-state index in [2.05, 4.69) is 10.6 Å². The Morgan fingerprint density at radius 2 is 2.10 bits per heavy atom. The lowest BCUT2D eigenvalue weighted by atomic mass is 10.1. The molecule has 2 aliphatic rings. The van der Waals surface area contributed by atoms with Crippen molar-refractivity contribution in [2.45, 2.75) is 57.7 Å². The predicted molar refractivity (Wildman–Crippen MR) is 79.9 cm³/mol. The second-order valence-corrected chi connectivity index (χ2v) is 6.14. The van der Waals surface area contributed by atoms with Gasteiger partial charge in [-0.15, -0.1) is 0 Å². The molecule has 0 spiro atoms. The van der Waals surface area contributed by atoms with E-state index in [1.165, 1.54) is 0 Å². The van der Waals surface area contributed by atoms with E-state index >= 15 is 0 Å². The van der Waals surface area contributed by atoms with E-state index in [0.717, 1.165) is 32.2 Å². The summed E-state index contributed by atoms with van der Waals surface area (Å²) in [6.07, 6.45) is 4.20. The minimum atomic E-state index is -0.501. The summed E-state index contributed by atoms with van der Waals surface area (Å²) in [6, 6.07) is -0.592. The summed E-state index contributed by atoms with van der Waals surface area (Å²) in [5.41, 5.74) is 0. The highest BCUT2D eigenvalue weighted by Crippen LogP contribution is 2.15. The van der Waals surface area contributed by atoms with E-state index in [1.807, 2.05) is 13.8 Å². The van der Waals surface area contributed by atoms with Crippen LogP contribution in [0.25, 0.3) is 0 Å². The Morgan fingerprint density at radius 1 is 1.29 bits per heavy atom. The van der Waals surface area contributed by atoms with Gasteiger partial charge in [0.05, 0.1) is 19.3 Å². The molecule has 0 aromatic heterocycles. The molecule has 2 aliphatic heterocycles. The van der Waals surface area contributed by atoms with E-state index in [0.29, 0.717) is 13.2 Å². The number of carbonyl (C=O) groups excluding carboxylic acids is 2. The Labute approximate surface area is 126 Å². The van der Waals surface area contributed by atoms with Crippen LogP contribution in [0.2, 0.25) is 0 Å². The normalized spacial score (nSPS) is 27.3. The number of morpholine rings is 1. The van der Waals surface area contributed by atoms with Gasteiger partial charge in [-0.2, -0.15) is 0 Å². The number of ether oxygens (including phenoxy) is 1. The smallest absolute Gasteiger partial charge is 0.245 e. The Kier molecular flexibility index (Phi) is 5.99. The first-order chi connectivity index (χ1) is 10.1. The Balaban J connectivity index is 2.02. The molecule has 2 fully saturated rings. The number of nitrogens with zero attached hydrogens (tertiary/aromatic N) is 1. The predicted octanol–water partition coefficient (Wildman–Crippen LogP) is 0.271. The van der Waals surface area contributed by atoms with Crippen molar-refractivity contribution in [1.29, 1.82) is 0 Å². The maximum Gasteiger partial charge on any atom is 0.245 e. The first kappa shape index (κ1) is 16.2. The summed E-state index contributed by atoms with van der Waals surface area (Å²) in [5.74, 6) is -0.0734. The van der Waals surface area contributed by atoms with Gasteiger partial charge in [-0.05, 0) is 33.2 Å². The molecule has 2 heterocycles. The molecule has 0 bridgehead atoms. The van der Waals surface area contributed by atoms with Crippen LogP contribution in [0.3, 0.4) is 0 Å². The van der Waals surface area contributed by atoms with Crippen molar-refractivity contribution >= 4 is 11.8 Å². The number of rotatable bonds is 3. The van der Waals surface area contributed by atoms with Gasteiger partial charge in [0.2, 0.25) is 11.8 Å². The summed E-state index contributed by atoms with van der Waals surface area (Å²) in [5, 5.41) is 6.19. The molecule has 0 radical (unpaired) electrons. The van der Waals surface area contributed by atoms with Crippen molar-refractivity contribution in [1.82, 2.24) is 15.5 Å². The molecular weight excluding hydrogens is 270 g/mol. The highest BCUT2D eigenvalue weighted by Gasteiger charge is 2.36. The summed E-state index contributed by atoms with van der Waals surface area (Å²) in [4.78, 5) is 26.7. The average Bonchev–Trinajstić information content (AvgIpc) is 2.75. The average molecular weight is 297 g/mol. The highest BCUT2D eigenvalue weighted by molar-refractivity contribution is 5.90. The monoisotopic (exact) mass is 297 g/mol. The van der Waals surface area contributed by atoms with E-state index in [4.69, 9.17) is 4.74 Å². The number of carbonyl (C=O) groups is 2. The van der Waals surface area contributed by atoms with Gasteiger partial charge in [-0.3, -0.25) is 9.59 Å². The van der Waals surface area contributed by atoms with Crippen LogP contribution in [-0.2, 0) is 14.3 Å². The third-order valence-corrected chi connectivity index (χ3v) is 4.00. The lowest BCUT2D eigenvalue weighted by Crippen LogP contribution is -2.60. The lowest BCUT2D eigenvalue weighted by Gasteiger charge is -2.37. The third-order valence-electron chi connectivity index (χ3n) is 4.00. The molecule has 2 N–H and O–H groups in total. The number of hydrogen-bond acceptors (Lipinski definition) is 4. The van der Waals surface area contributed by atoms with Crippen LogP contribution in [0.4, 0.5) is 0 Å². The van der Waals surface area contributed by atoms with Crippen molar-refractivity contribution in [3.05, 3.63) is 0 Å². The first-order valence-electron chi connectivity index (χ1n) is 8.01. The van der Waals surface area contributed by atoms with E-state index in [1.54, 1.807) is 4.90 Å². The molecule has 0 aromatic rings. The van der Waals surface area contributed by atoms with E-state index < -0.39 is 6.04 Å². The van der Waals surface area contributed by atoms with Gasteiger partial charge >= 0.3 is 0 Å². The molecule has 2 unspecified atom stereocenters. The second kappa shape index (κ2) is 7.75. The largest absolute Gasteiger partial charge is 0.377 e. The van der Waals surface area contributed by atoms with E-state index in [-0.39, 0.29) is 30.5 Å². The van der Waals surface area contributed by atoms with Gasteiger partial charge in [-0.25, -0.2) is 0 Å². The zero-order chi connectivity index (χ0) is 15.2. The zero-order valence-electron chi connectivity index (χ0n) is 13.1. The Bertz CT molecular complexity index is 365. The molecule has 0 aromatic carbocycles. The second-order valence-electron chi connectivity index (χ2n) is 6.14. The van der Waals surface area contributed by atoms with Gasteiger partial charge < -0.3 is 20.3 Å². The molecule has 21 heavy (non-hydrogen) atoms. The molecule has 120 valence electrons. The third kappa shape index (κ3) is 4.41. The summed E-state index contributed by atoms with van der Waals surface area (Å²) in [7, 11) is 0. The van der Waals surface area contributed by atoms with Crippen LogP contribution in [0.15, 0.2) is 0 Å². The minimum absolute atomic E-state index is 0.0455. The van der Waals surface area contributed by atoms with Crippen molar-refractivity contribution < 1.29 is 14.3 Å². The highest BCUT2D eigenvalue weighted by atomic mass is 16.5. The molecule has 6 heteroatoms. The number of amides is 2. The van der Waals surface area contributed by atoms with Crippen LogP contribution < -0.4 is 10.6 Å². The van der Waals surface area contributed by atoms with Crippen LogP contribution >= 0.6 is 0 Å². The fourth-order valence-corrected chi connectivity index (χ4v) is 2.90. The van der Waals surface area contributed by atoms with Gasteiger partial charge in [0.1, 0.15) is 6.04 Å². The van der Waals surface area contributed by atoms with Crippen LogP contribution in [0.5, 0.6) is 0 Å². The minimum Gasteiger partial charge on any atom is -0.377 e. The Morgan fingerprint density at radius 3 is 2.86 bits per heavy atom. The van der Waals surface area contributed by atoms with Crippen molar-refractivity contribution in [2.24, 2.45) is 0 Å². The molecule has 2 atom stereocenters. The quantitative estimate of drug-likeness (QED) is 0.784. The molecule has 6 nitrogen and oxygen atoms in total. The first-order valence-corrected chi connectivity index (χ1v) is 8.01. The standard InChI is InChI=1S/C15H27N3O3/c1-11(2)17-14(19)13-10-21-9-8-18(13)15(20)12-6-4-3-5-7-16-12/h11-13,16H,3-10H2,1-2H3,(H,17,19). The molecule has 2 saturated heterocycles. The van der Waals surface area contributed by atoms with E-state index in [9.17, 15) is 9.59 Å². The maximum absolute atomic E-state index is 12.7. The van der Waals surface area contributed by atoms with Crippen LogP contribution in [0.1, 0.15) is 39.5 Å². The fourth-order valence-electron chi connectivity index (χ4n) is 2.90. The summed E-state index contributed by atoms with van der Waals surface area (Å²) in [6.45, 7) is 6.00. The van der Waals surface area contributed by atoms with Crippen LogP contribution in [-0.4, -0.2) is 61.1 Å². The molecule has 2 rings (SSSR count). The summed E-state index contributed by atoms with van der Waals surface area (Å²) >= 11 is 0. The van der Waals surface area contributed by atoms with Crippen molar-refractivity contribution in [3.8, 4) is 0 Å². The van der Waals surface area contributed by atoms with Crippen LogP contribution in [0, 0.1) is 0 Å². The molecule has 0 aliphatic carbocycles. The SMILES string of the molecule is CC(C)NC(=O)C1COCCN1C(=O)C1CCCCCN1. The number of hydrogen-bond donors (Lipinski definition) is 2. The van der Waals surface area contributed by atoms with Gasteiger partial charge in [0.15, 0.2) is 0 Å². The number of nitrogens with one attached hydrogen (secondary N) is 2. The summed E-state index contributed by atoms with van der Waals surface area (Å²) < 4.78 is 5.40. The topological polar surface area (TPSA) is 70.7 Å². The lowest BCUT2D eigenvalue weighted by molar-refractivity contribution is -0.150.